The van der Waals surface area contributed by atoms with Crippen LogP contribution in [0.5, 0.6) is 5.75 Å². The summed E-state index contributed by atoms with van der Waals surface area (Å²) in [5.41, 5.74) is 2.62. The van der Waals surface area contributed by atoms with Crippen LogP contribution in [0.25, 0.3) is 22.6 Å². The molecule has 4 aromatic rings. The number of aromatic nitrogens is 3. The highest BCUT2D eigenvalue weighted by molar-refractivity contribution is 5.70. The van der Waals surface area contributed by atoms with Gasteiger partial charge in [0.15, 0.2) is 5.82 Å². The zero-order chi connectivity index (χ0) is 28.1. The Kier molecular flexibility index (Phi) is 6.57. The largest absolute Gasteiger partial charge is 0.439 e. The Balaban J connectivity index is 1.08. The monoisotopic (exact) mass is 568 g/mol. The molecule has 3 fully saturated rings. The van der Waals surface area contributed by atoms with Gasteiger partial charge in [0.05, 0.1) is 18.3 Å². The van der Waals surface area contributed by atoms with Gasteiger partial charge in [-0.1, -0.05) is 22.4 Å². The van der Waals surface area contributed by atoms with Crippen LogP contribution in [0.1, 0.15) is 55.8 Å². The molecule has 3 atom stereocenters. The molecule has 3 aliphatic rings. The Morgan fingerprint density at radius 2 is 1.78 bits per heavy atom. The zero-order valence-corrected chi connectivity index (χ0v) is 21.9. The molecule has 4 heterocycles. The Morgan fingerprint density at radius 1 is 1.00 bits per heavy atom. The molecule has 2 bridgehead atoms. The van der Waals surface area contributed by atoms with Gasteiger partial charge in [0.1, 0.15) is 23.0 Å². The van der Waals surface area contributed by atoms with E-state index >= 15 is 0 Å². The molecule has 2 aromatic carbocycles. The Morgan fingerprint density at radius 3 is 2.46 bits per heavy atom. The number of aromatic amines is 1. The van der Waals surface area contributed by atoms with Crippen molar-refractivity contribution in [3.63, 3.8) is 0 Å². The fourth-order valence-electron chi connectivity index (χ4n) is 6.29. The first-order valence-corrected chi connectivity index (χ1v) is 13.7. The molecule has 9 nitrogen and oxygen atoms in total. The Bertz CT molecular complexity index is 1600. The van der Waals surface area contributed by atoms with Gasteiger partial charge in [0, 0.05) is 34.8 Å². The van der Waals surface area contributed by atoms with E-state index < -0.39 is 18.2 Å². The number of hydrogen-bond donors (Lipinski definition) is 1. The number of fused-ring (bicyclic) bond motifs is 2. The van der Waals surface area contributed by atoms with Crippen LogP contribution in [-0.4, -0.2) is 40.1 Å². The maximum Gasteiger partial charge on any atom is 0.439 e. The van der Waals surface area contributed by atoms with Crippen LogP contribution in [0.4, 0.5) is 18.9 Å². The standard InChI is InChI=1S/C29H27F3N4O5/c30-23-13-18(9-10-20(23)27-33-29(37)41-35-27)36-16-7-8-17(36)12-19(11-16)38-14-22-25(34-40-26(22)15-5-6-15)21-3-1-2-4-24(21)39-28(31)32/h1-4,9-10,13,15-17,19,28H,5-8,11-12,14H2,(H,33,35,37)/t16-,17+,19+. The van der Waals surface area contributed by atoms with Crippen LogP contribution in [0.2, 0.25) is 0 Å². The first-order chi connectivity index (χ1) is 19.9. The quantitative estimate of drug-likeness (QED) is 0.261. The highest BCUT2D eigenvalue weighted by Gasteiger charge is 2.42. The number of alkyl halides is 2. The van der Waals surface area contributed by atoms with Crippen molar-refractivity contribution in [2.24, 2.45) is 0 Å². The summed E-state index contributed by atoms with van der Waals surface area (Å²) in [5.74, 6) is -0.138. The van der Waals surface area contributed by atoms with E-state index in [0.717, 1.165) is 55.5 Å². The van der Waals surface area contributed by atoms with E-state index in [4.69, 9.17) is 14.0 Å². The summed E-state index contributed by atoms with van der Waals surface area (Å²) < 4.78 is 62.6. The maximum absolute atomic E-state index is 15.0. The average Bonchev–Trinajstić information content (AvgIpc) is 3.47. The van der Waals surface area contributed by atoms with Crippen LogP contribution in [-0.2, 0) is 11.3 Å². The van der Waals surface area contributed by atoms with E-state index in [0.29, 0.717) is 11.3 Å². The third-order valence-corrected chi connectivity index (χ3v) is 8.22. The number of nitrogens with zero attached hydrogens (tertiary/aromatic N) is 3. The van der Waals surface area contributed by atoms with Gasteiger partial charge in [0.25, 0.3) is 0 Å². The second-order valence-corrected chi connectivity index (χ2v) is 10.8. The lowest BCUT2D eigenvalue weighted by molar-refractivity contribution is -0.0494. The van der Waals surface area contributed by atoms with E-state index in [2.05, 4.69) is 24.7 Å². The summed E-state index contributed by atoms with van der Waals surface area (Å²) in [4.78, 5) is 15.9. The molecular weight excluding hydrogens is 541 g/mol. The number of ether oxygens (including phenoxy) is 2. The molecule has 2 saturated heterocycles. The predicted molar refractivity (Wildman–Crippen MR) is 140 cm³/mol. The number of H-pyrrole nitrogens is 1. The minimum Gasteiger partial charge on any atom is -0.434 e. The molecule has 1 aliphatic carbocycles. The number of halogens is 3. The highest BCUT2D eigenvalue weighted by atomic mass is 19.3. The first-order valence-electron chi connectivity index (χ1n) is 13.7. The number of para-hydroxylation sites is 1. The van der Waals surface area contributed by atoms with Crippen LogP contribution in [0, 0.1) is 5.82 Å². The fraction of sp³-hybridized carbons (Fsp3) is 0.414. The molecule has 0 unspecified atom stereocenters. The third kappa shape index (κ3) is 5.01. The molecule has 214 valence electrons. The lowest BCUT2D eigenvalue weighted by atomic mass is 9.98. The van der Waals surface area contributed by atoms with Gasteiger partial charge in [-0.2, -0.15) is 8.78 Å². The van der Waals surface area contributed by atoms with Gasteiger partial charge in [0.2, 0.25) is 0 Å². The van der Waals surface area contributed by atoms with Gasteiger partial charge in [-0.25, -0.2) is 9.18 Å². The van der Waals surface area contributed by atoms with Gasteiger partial charge < -0.3 is 18.9 Å². The number of benzene rings is 2. The summed E-state index contributed by atoms with van der Waals surface area (Å²) in [7, 11) is 0. The molecule has 2 aliphatic heterocycles. The topological polar surface area (TPSA) is 107 Å². The highest BCUT2D eigenvalue weighted by Crippen LogP contribution is 2.46. The number of anilines is 1. The summed E-state index contributed by atoms with van der Waals surface area (Å²) in [5, 5.41) is 7.84. The zero-order valence-electron chi connectivity index (χ0n) is 21.9. The summed E-state index contributed by atoms with van der Waals surface area (Å²) in [6.45, 7) is -2.71. The van der Waals surface area contributed by atoms with E-state index in [9.17, 15) is 18.0 Å². The van der Waals surface area contributed by atoms with Crippen molar-refractivity contribution in [1.29, 1.82) is 0 Å². The number of hydrogen-bond acceptors (Lipinski definition) is 8. The number of rotatable bonds is 9. The molecule has 12 heteroatoms. The van der Waals surface area contributed by atoms with Crippen LogP contribution >= 0.6 is 0 Å². The van der Waals surface area contributed by atoms with Crippen LogP contribution in [0.3, 0.4) is 0 Å². The fourth-order valence-corrected chi connectivity index (χ4v) is 6.29. The molecule has 1 saturated carbocycles. The Hall–Kier alpha value is -4.06. The van der Waals surface area contributed by atoms with E-state index in [1.54, 1.807) is 24.3 Å². The second-order valence-electron chi connectivity index (χ2n) is 10.8. The first kappa shape index (κ1) is 25.9. The molecule has 0 radical (unpaired) electrons. The van der Waals surface area contributed by atoms with Crippen molar-refractivity contribution in [3.8, 4) is 28.4 Å². The van der Waals surface area contributed by atoms with Gasteiger partial charge in [-0.05, 0) is 68.9 Å². The van der Waals surface area contributed by atoms with Crippen molar-refractivity contribution in [2.45, 2.75) is 75.8 Å². The molecule has 2 aromatic heterocycles. The Labute approximate surface area is 232 Å². The molecular formula is C29H27F3N4O5. The maximum atomic E-state index is 15.0. The molecule has 1 N–H and O–H groups in total. The minimum atomic E-state index is -2.96. The summed E-state index contributed by atoms with van der Waals surface area (Å²) in [6.07, 6.45) is 5.41. The average molecular weight is 569 g/mol. The second kappa shape index (κ2) is 10.4. The smallest absolute Gasteiger partial charge is 0.434 e. The molecule has 0 spiro atoms. The van der Waals surface area contributed by atoms with Crippen molar-refractivity contribution >= 4 is 5.69 Å². The predicted octanol–water partition coefficient (Wildman–Crippen LogP) is 6.02. The molecule has 0 amide bonds. The van der Waals surface area contributed by atoms with Crippen LogP contribution < -0.4 is 15.4 Å². The van der Waals surface area contributed by atoms with Gasteiger partial charge in [-0.3, -0.25) is 9.51 Å². The normalized spacial score (nSPS) is 22.0. The van der Waals surface area contributed by atoms with Crippen molar-refractivity contribution in [1.82, 2.24) is 15.3 Å². The lowest BCUT2D eigenvalue weighted by Crippen LogP contribution is -2.45. The number of piperidine rings is 1. The van der Waals surface area contributed by atoms with Gasteiger partial charge in [-0.15, -0.1) is 0 Å². The van der Waals surface area contributed by atoms with Crippen molar-refractivity contribution < 1.29 is 31.7 Å². The van der Waals surface area contributed by atoms with Gasteiger partial charge >= 0.3 is 12.4 Å². The summed E-state index contributed by atoms with van der Waals surface area (Å²) in [6, 6.07) is 11.8. The van der Waals surface area contributed by atoms with E-state index in [1.165, 1.54) is 12.1 Å². The molecule has 7 rings (SSSR count). The van der Waals surface area contributed by atoms with E-state index in [1.807, 2.05) is 6.07 Å². The van der Waals surface area contributed by atoms with E-state index in [-0.39, 0.29) is 47.8 Å². The van der Waals surface area contributed by atoms with Crippen molar-refractivity contribution in [3.05, 3.63) is 70.2 Å². The third-order valence-electron chi connectivity index (χ3n) is 8.22. The minimum absolute atomic E-state index is 0.0320. The van der Waals surface area contributed by atoms with Crippen LogP contribution in [0.15, 0.2) is 56.3 Å². The molecule has 41 heavy (non-hydrogen) atoms. The van der Waals surface area contributed by atoms with Crippen molar-refractivity contribution in [2.75, 3.05) is 4.90 Å². The number of nitrogens with one attached hydrogen (secondary N) is 1. The SMILES string of the molecule is O=c1[nH]c(-c2ccc(N3[C@@H]4CC[C@H]3C[C@@H](OCc3c(-c5ccccc5OC(F)F)noc3C3CC3)C4)cc2F)no1. The lowest BCUT2D eigenvalue weighted by Gasteiger charge is -2.40. The summed E-state index contributed by atoms with van der Waals surface area (Å²) >= 11 is 0.